The summed E-state index contributed by atoms with van der Waals surface area (Å²) in [7, 11) is 0. The maximum absolute atomic E-state index is 12.7. The fourth-order valence-electron chi connectivity index (χ4n) is 4.28. The maximum Gasteiger partial charge on any atom is 0.338 e. The van der Waals surface area contributed by atoms with Crippen LogP contribution in [-0.2, 0) is 27.2 Å². The molecular formula is C26H31ClN2O4. The average Bonchev–Trinajstić information content (AvgIpc) is 3.07. The Hall–Kier alpha value is -2.83. The number of hydrogen-bond acceptors (Lipinski definition) is 5. The van der Waals surface area contributed by atoms with E-state index in [0.29, 0.717) is 18.7 Å². The molecule has 1 aliphatic rings. The van der Waals surface area contributed by atoms with Crippen molar-refractivity contribution in [3.63, 3.8) is 0 Å². The van der Waals surface area contributed by atoms with Crippen LogP contribution >= 0.6 is 12.4 Å². The van der Waals surface area contributed by atoms with Gasteiger partial charge in [-0.05, 0) is 63.4 Å². The summed E-state index contributed by atoms with van der Waals surface area (Å²) in [6, 6.07) is 15.2. The van der Waals surface area contributed by atoms with Crippen LogP contribution in [0, 0.1) is 0 Å². The molecule has 0 bridgehead atoms. The standard InChI is InChI=1S/C26H30N2O4.ClH/c1-5-31-25(30)22-23-20(14-15-27-22)19-8-6-7-9-21(19)28(23)16-17-10-12-18(13-11-17)24(29)32-26(2,3)4;/h6-13,22,27H,5,14-16H2,1-4H3;1H. The predicted octanol–water partition coefficient (Wildman–Crippen LogP) is 4.82. The van der Waals surface area contributed by atoms with E-state index in [0.717, 1.165) is 29.7 Å². The zero-order chi connectivity index (χ0) is 22.9. The Bertz CT molecular complexity index is 1150. The Morgan fingerprint density at radius 2 is 1.79 bits per heavy atom. The van der Waals surface area contributed by atoms with Crippen molar-refractivity contribution in [3.05, 3.63) is 70.9 Å². The molecule has 0 aliphatic carbocycles. The minimum atomic E-state index is -0.534. The summed E-state index contributed by atoms with van der Waals surface area (Å²) in [6.07, 6.45) is 0.857. The zero-order valence-electron chi connectivity index (χ0n) is 19.5. The number of carbonyl (C=O) groups is 2. The van der Waals surface area contributed by atoms with Gasteiger partial charge in [0.1, 0.15) is 11.6 Å². The molecule has 3 aromatic rings. The molecule has 0 fully saturated rings. The smallest absolute Gasteiger partial charge is 0.338 e. The van der Waals surface area contributed by atoms with Crippen LogP contribution in [0.4, 0.5) is 0 Å². The van der Waals surface area contributed by atoms with Crippen LogP contribution < -0.4 is 5.32 Å². The number of aromatic nitrogens is 1. The summed E-state index contributed by atoms with van der Waals surface area (Å²) in [5, 5.41) is 4.51. The highest BCUT2D eigenvalue weighted by Gasteiger charge is 2.33. The molecule has 1 aromatic heterocycles. The summed E-state index contributed by atoms with van der Waals surface area (Å²) >= 11 is 0. The molecule has 4 rings (SSSR count). The molecule has 1 unspecified atom stereocenters. The Morgan fingerprint density at radius 3 is 2.45 bits per heavy atom. The van der Waals surface area contributed by atoms with Crippen molar-refractivity contribution in [2.75, 3.05) is 13.2 Å². The molecule has 0 saturated heterocycles. The van der Waals surface area contributed by atoms with Crippen LogP contribution in [0.2, 0.25) is 0 Å². The van der Waals surface area contributed by atoms with Gasteiger partial charge in [0.25, 0.3) is 0 Å². The van der Waals surface area contributed by atoms with Crippen LogP contribution in [0.5, 0.6) is 0 Å². The topological polar surface area (TPSA) is 69.6 Å². The molecule has 6 nitrogen and oxygen atoms in total. The third-order valence-electron chi connectivity index (χ3n) is 5.57. The van der Waals surface area contributed by atoms with Crippen LogP contribution in [0.25, 0.3) is 10.9 Å². The van der Waals surface area contributed by atoms with Gasteiger partial charge in [0.2, 0.25) is 0 Å². The van der Waals surface area contributed by atoms with E-state index in [2.05, 4.69) is 22.0 Å². The lowest BCUT2D eigenvalue weighted by atomic mass is 9.99. The van der Waals surface area contributed by atoms with E-state index >= 15 is 0 Å². The van der Waals surface area contributed by atoms with Crippen molar-refractivity contribution in [1.29, 1.82) is 0 Å². The molecule has 1 aliphatic heterocycles. The highest BCUT2D eigenvalue weighted by molar-refractivity contribution is 5.90. The SMILES string of the molecule is CCOC(=O)C1NCCc2c1n(Cc1ccc(C(=O)OC(C)(C)C)cc1)c1ccccc21.Cl. The average molecular weight is 471 g/mol. The molecule has 2 aromatic carbocycles. The minimum absolute atomic E-state index is 0. The molecule has 1 N–H and O–H groups in total. The second-order valence-electron chi connectivity index (χ2n) is 9.06. The first-order valence-corrected chi connectivity index (χ1v) is 11.1. The van der Waals surface area contributed by atoms with E-state index in [9.17, 15) is 9.59 Å². The number of ether oxygens (including phenoxy) is 2. The third-order valence-corrected chi connectivity index (χ3v) is 5.57. The lowest BCUT2D eigenvalue weighted by Gasteiger charge is -2.25. The molecular weight excluding hydrogens is 440 g/mol. The molecule has 0 saturated carbocycles. The summed E-state index contributed by atoms with van der Waals surface area (Å²) in [5.41, 5.74) is 4.28. The fraction of sp³-hybridized carbons (Fsp3) is 0.385. The van der Waals surface area contributed by atoms with Crippen molar-refractivity contribution >= 4 is 35.2 Å². The number of para-hydroxylation sites is 1. The summed E-state index contributed by atoms with van der Waals surface area (Å²) < 4.78 is 13.0. The van der Waals surface area contributed by atoms with Gasteiger partial charge in [0, 0.05) is 24.0 Å². The van der Waals surface area contributed by atoms with Gasteiger partial charge in [-0.2, -0.15) is 0 Å². The molecule has 2 heterocycles. The summed E-state index contributed by atoms with van der Waals surface area (Å²) in [5.74, 6) is -0.586. The Kier molecular flexibility index (Phi) is 7.50. The lowest BCUT2D eigenvalue weighted by Crippen LogP contribution is -2.37. The first kappa shape index (κ1) is 24.8. The van der Waals surface area contributed by atoms with Gasteiger partial charge in [-0.1, -0.05) is 30.3 Å². The molecule has 33 heavy (non-hydrogen) atoms. The Labute approximate surface area is 200 Å². The van der Waals surface area contributed by atoms with Gasteiger partial charge in [0.05, 0.1) is 17.9 Å². The molecule has 7 heteroatoms. The van der Waals surface area contributed by atoms with Crippen LogP contribution in [0.15, 0.2) is 48.5 Å². The molecule has 0 amide bonds. The number of carbonyl (C=O) groups excluding carboxylic acids is 2. The van der Waals surface area contributed by atoms with Crippen molar-refractivity contribution in [2.24, 2.45) is 0 Å². The van der Waals surface area contributed by atoms with E-state index in [-0.39, 0.29) is 24.3 Å². The van der Waals surface area contributed by atoms with Gasteiger partial charge in [-0.3, -0.25) is 5.32 Å². The second kappa shape index (κ2) is 9.98. The number of halogens is 1. The zero-order valence-corrected chi connectivity index (χ0v) is 20.3. The number of rotatable bonds is 5. The van der Waals surface area contributed by atoms with E-state index in [1.807, 2.05) is 52.0 Å². The Balaban J connectivity index is 0.00000306. The maximum atomic E-state index is 12.7. The molecule has 1 atom stereocenters. The largest absolute Gasteiger partial charge is 0.465 e. The molecule has 176 valence electrons. The summed E-state index contributed by atoms with van der Waals surface area (Å²) in [6.45, 7) is 9.05. The fourth-order valence-corrected chi connectivity index (χ4v) is 4.28. The van der Waals surface area contributed by atoms with Gasteiger partial charge < -0.3 is 14.0 Å². The van der Waals surface area contributed by atoms with E-state index in [1.165, 1.54) is 10.9 Å². The highest BCUT2D eigenvalue weighted by atomic mass is 35.5. The molecule has 0 spiro atoms. The minimum Gasteiger partial charge on any atom is -0.465 e. The van der Waals surface area contributed by atoms with Gasteiger partial charge in [0.15, 0.2) is 0 Å². The highest BCUT2D eigenvalue weighted by Crippen LogP contribution is 2.34. The normalized spacial score (nSPS) is 15.5. The van der Waals surface area contributed by atoms with Crippen molar-refractivity contribution in [3.8, 4) is 0 Å². The van der Waals surface area contributed by atoms with Crippen molar-refractivity contribution < 1.29 is 19.1 Å². The van der Waals surface area contributed by atoms with Gasteiger partial charge >= 0.3 is 11.9 Å². The summed E-state index contributed by atoms with van der Waals surface area (Å²) in [4.78, 5) is 25.1. The van der Waals surface area contributed by atoms with Gasteiger partial charge in [-0.15, -0.1) is 12.4 Å². The quantitative estimate of drug-likeness (QED) is 0.541. The predicted molar refractivity (Wildman–Crippen MR) is 131 cm³/mol. The number of nitrogens with one attached hydrogen (secondary N) is 1. The van der Waals surface area contributed by atoms with Crippen LogP contribution in [0.1, 0.15) is 60.9 Å². The number of nitrogens with zero attached hydrogens (tertiary/aromatic N) is 1. The lowest BCUT2D eigenvalue weighted by molar-refractivity contribution is -0.146. The first-order valence-electron chi connectivity index (χ1n) is 11.1. The van der Waals surface area contributed by atoms with Crippen molar-refractivity contribution in [1.82, 2.24) is 9.88 Å². The monoisotopic (exact) mass is 470 g/mol. The van der Waals surface area contributed by atoms with E-state index < -0.39 is 11.6 Å². The number of benzene rings is 2. The third kappa shape index (κ3) is 5.23. The Morgan fingerprint density at radius 1 is 1.09 bits per heavy atom. The van der Waals surface area contributed by atoms with Crippen LogP contribution in [-0.4, -0.2) is 35.3 Å². The van der Waals surface area contributed by atoms with Crippen LogP contribution in [0.3, 0.4) is 0 Å². The van der Waals surface area contributed by atoms with Gasteiger partial charge in [-0.25, -0.2) is 9.59 Å². The second-order valence-corrected chi connectivity index (χ2v) is 9.06. The van der Waals surface area contributed by atoms with E-state index in [4.69, 9.17) is 9.47 Å². The number of esters is 2. The van der Waals surface area contributed by atoms with E-state index in [1.54, 1.807) is 12.1 Å². The van der Waals surface area contributed by atoms with Crippen molar-refractivity contribution in [2.45, 2.75) is 52.3 Å². The number of hydrogen-bond donors (Lipinski definition) is 1. The molecule has 0 radical (unpaired) electrons. The first-order chi connectivity index (χ1) is 15.3. The number of fused-ring (bicyclic) bond motifs is 3.